The average Bonchev–Trinajstić information content (AvgIpc) is 3.08. The van der Waals surface area contributed by atoms with E-state index in [4.69, 9.17) is 0 Å². The first-order chi connectivity index (χ1) is 13.1. The largest absolute Gasteiger partial charge is 0.390 e. The van der Waals surface area contributed by atoms with Gasteiger partial charge in [0.05, 0.1) is 36.9 Å². The molecule has 0 spiro atoms. The Morgan fingerprint density at radius 1 is 1.26 bits per heavy atom. The molecule has 0 aliphatic rings. The Balaban J connectivity index is 2.09. The van der Waals surface area contributed by atoms with Gasteiger partial charge in [-0.05, 0) is 5.56 Å². The van der Waals surface area contributed by atoms with E-state index in [0.29, 0.717) is 23.9 Å². The lowest BCUT2D eigenvalue weighted by atomic mass is 10.1. The lowest BCUT2D eigenvalue weighted by Gasteiger charge is -2.19. The first-order valence-corrected chi connectivity index (χ1v) is 9.59. The Morgan fingerprint density at radius 2 is 1.93 bits per heavy atom. The van der Waals surface area contributed by atoms with Crippen LogP contribution in [0.15, 0.2) is 67.0 Å². The molecule has 1 unspecified atom stereocenters. The Kier molecular flexibility index (Phi) is 8.32. The van der Waals surface area contributed by atoms with Crippen LogP contribution in [0.3, 0.4) is 0 Å². The molecule has 0 saturated carbocycles. The van der Waals surface area contributed by atoms with Gasteiger partial charge < -0.3 is 19.7 Å². The molecule has 0 radical (unpaired) electrons. The zero-order chi connectivity index (χ0) is 19.6. The summed E-state index contributed by atoms with van der Waals surface area (Å²) in [7, 11) is 0. The van der Waals surface area contributed by atoms with E-state index in [1.54, 1.807) is 27.8 Å². The fraction of sp³-hybridized carbons (Fsp3) is 0.300. The van der Waals surface area contributed by atoms with E-state index in [0.717, 1.165) is 5.56 Å². The van der Waals surface area contributed by atoms with Gasteiger partial charge in [-0.3, -0.25) is 4.79 Å². The number of aromatic nitrogens is 2. The Hall–Kier alpha value is -2.35. The molecule has 2 rings (SSSR count). The molecule has 0 bridgehead atoms. The van der Waals surface area contributed by atoms with Crippen LogP contribution in [0.1, 0.15) is 17.4 Å². The summed E-state index contributed by atoms with van der Waals surface area (Å²) in [6.07, 6.45) is 4.18. The quantitative estimate of drug-likeness (QED) is 0.457. The van der Waals surface area contributed by atoms with Gasteiger partial charge in [0.2, 0.25) is 5.91 Å². The highest BCUT2D eigenvalue weighted by atomic mass is 32.2. The Labute approximate surface area is 163 Å². The highest BCUT2D eigenvalue weighted by Gasteiger charge is 2.18. The lowest BCUT2D eigenvalue weighted by molar-refractivity contribution is -0.127. The predicted octanol–water partition coefficient (Wildman–Crippen LogP) is 2.40. The molecule has 1 heterocycles. The molecular weight excluding hydrogens is 362 g/mol. The molecule has 1 aromatic heterocycles. The van der Waals surface area contributed by atoms with Crippen molar-refractivity contribution in [2.24, 2.45) is 0 Å². The third-order valence-electron chi connectivity index (χ3n) is 3.98. The molecule has 1 amide bonds. The minimum atomic E-state index is -0.737. The molecule has 1 aromatic carbocycles. The first-order valence-electron chi connectivity index (χ1n) is 8.61. The third-order valence-corrected chi connectivity index (χ3v) is 4.96. The van der Waals surface area contributed by atoms with Gasteiger partial charge in [-0.2, -0.15) is 0 Å². The summed E-state index contributed by atoms with van der Waals surface area (Å²) in [6, 6.07) is 9.30. The van der Waals surface area contributed by atoms with Crippen LogP contribution in [0.25, 0.3) is 0 Å². The van der Waals surface area contributed by atoms with Crippen molar-refractivity contribution in [2.45, 2.75) is 24.4 Å². The van der Waals surface area contributed by atoms with Crippen molar-refractivity contribution in [1.29, 1.82) is 0 Å². The number of aliphatic hydroxyl groups is 2. The SMILES string of the molecule is C=CCN(CC=C)C(=O)CSc1ncc(CO)n1CC(O)c1ccccc1. The molecule has 7 heteroatoms. The van der Waals surface area contributed by atoms with Crippen LogP contribution in [0.2, 0.25) is 0 Å². The molecule has 27 heavy (non-hydrogen) atoms. The van der Waals surface area contributed by atoms with Crippen LogP contribution in [0, 0.1) is 0 Å². The summed E-state index contributed by atoms with van der Waals surface area (Å²) in [5.41, 5.74) is 1.37. The van der Waals surface area contributed by atoms with Crippen molar-refractivity contribution in [3.63, 3.8) is 0 Å². The highest BCUT2D eigenvalue weighted by molar-refractivity contribution is 7.99. The zero-order valence-corrected chi connectivity index (χ0v) is 16.0. The van der Waals surface area contributed by atoms with Crippen molar-refractivity contribution in [2.75, 3.05) is 18.8 Å². The predicted molar refractivity (Wildman–Crippen MR) is 107 cm³/mol. The number of carbonyl (C=O) groups is 1. The molecule has 0 saturated heterocycles. The van der Waals surface area contributed by atoms with E-state index in [1.807, 2.05) is 30.3 Å². The zero-order valence-electron chi connectivity index (χ0n) is 15.2. The standard InChI is InChI=1S/C20H25N3O3S/c1-3-10-22(11-4-2)19(26)15-27-20-21-12-17(14-24)23(20)13-18(25)16-8-6-5-7-9-16/h3-9,12,18,24-25H,1-2,10-11,13-15H2. The van der Waals surface area contributed by atoms with E-state index in [2.05, 4.69) is 18.1 Å². The highest BCUT2D eigenvalue weighted by Crippen LogP contribution is 2.23. The summed E-state index contributed by atoms with van der Waals surface area (Å²) < 4.78 is 1.75. The van der Waals surface area contributed by atoms with Gasteiger partial charge in [0.25, 0.3) is 0 Å². The van der Waals surface area contributed by atoms with Gasteiger partial charge in [0.1, 0.15) is 0 Å². The number of amides is 1. The second-order valence-electron chi connectivity index (χ2n) is 5.89. The summed E-state index contributed by atoms with van der Waals surface area (Å²) >= 11 is 1.28. The van der Waals surface area contributed by atoms with E-state index in [1.165, 1.54) is 11.8 Å². The summed E-state index contributed by atoms with van der Waals surface area (Å²) in [4.78, 5) is 18.3. The molecule has 144 valence electrons. The second-order valence-corrected chi connectivity index (χ2v) is 6.83. The van der Waals surface area contributed by atoms with Crippen molar-refractivity contribution in [3.05, 3.63) is 73.1 Å². The summed E-state index contributed by atoms with van der Waals surface area (Å²) in [5.74, 6) is 0.147. The van der Waals surface area contributed by atoms with E-state index < -0.39 is 6.10 Å². The van der Waals surface area contributed by atoms with Gasteiger partial charge in [-0.15, -0.1) is 13.2 Å². The number of carbonyl (C=O) groups excluding carboxylic acids is 1. The topological polar surface area (TPSA) is 78.6 Å². The molecule has 1 atom stereocenters. The normalized spacial score (nSPS) is 11.8. The molecule has 0 fully saturated rings. The van der Waals surface area contributed by atoms with Crippen molar-refractivity contribution in [1.82, 2.24) is 14.5 Å². The van der Waals surface area contributed by atoms with Crippen LogP contribution < -0.4 is 0 Å². The number of imidazole rings is 1. The number of hydrogen-bond acceptors (Lipinski definition) is 5. The molecular formula is C20H25N3O3S. The fourth-order valence-electron chi connectivity index (χ4n) is 2.59. The van der Waals surface area contributed by atoms with Gasteiger partial charge in [-0.1, -0.05) is 54.2 Å². The van der Waals surface area contributed by atoms with E-state index in [9.17, 15) is 15.0 Å². The molecule has 2 aromatic rings. The number of hydrogen-bond donors (Lipinski definition) is 2. The average molecular weight is 388 g/mol. The van der Waals surface area contributed by atoms with Crippen molar-refractivity contribution < 1.29 is 15.0 Å². The fourth-order valence-corrected chi connectivity index (χ4v) is 3.50. The molecule has 2 N–H and O–H groups in total. The smallest absolute Gasteiger partial charge is 0.233 e. The Bertz CT molecular complexity index is 751. The maximum atomic E-state index is 12.4. The molecule has 0 aliphatic carbocycles. The van der Waals surface area contributed by atoms with Crippen LogP contribution in [-0.4, -0.2) is 49.4 Å². The van der Waals surface area contributed by atoms with E-state index >= 15 is 0 Å². The van der Waals surface area contributed by atoms with Gasteiger partial charge in [-0.25, -0.2) is 4.98 Å². The summed E-state index contributed by atoms with van der Waals surface area (Å²) in [6.45, 7) is 8.30. The summed E-state index contributed by atoms with van der Waals surface area (Å²) in [5, 5.41) is 20.7. The first kappa shape index (κ1) is 21.0. The molecule has 6 nitrogen and oxygen atoms in total. The van der Waals surface area contributed by atoms with E-state index in [-0.39, 0.29) is 24.8 Å². The number of aliphatic hydroxyl groups excluding tert-OH is 2. The lowest BCUT2D eigenvalue weighted by Crippen LogP contribution is -2.32. The number of rotatable bonds is 11. The van der Waals surface area contributed by atoms with Crippen LogP contribution >= 0.6 is 11.8 Å². The van der Waals surface area contributed by atoms with Gasteiger partial charge in [0, 0.05) is 13.1 Å². The van der Waals surface area contributed by atoms with Crippen molar-refractivity contribution in [3.8, 4) is 0 Å². The third kappa shape index (κ3) is 5.82. The minimum Gasteiger partial charge on any atom is -0.390 e. The Morgan fingerprint density at radius 3 is 2.52 bits per heavy atom. The van der Waals surface area contributed by atoms with Crippen LogP contribution in [-0.2, 0) is 17.9 Å². The van der Waals surface area contributed by atoms with Gasteiger partial charge >= 0.3 is 0 Å². The maximum Gasteiger partial charge on any atom is 0.233 e. The number of benzene rings is 1. The number of nitrogens with zero attached hydrogens (tertiary/aromatic N) is 3. The van der Waals surface area contributed by atoms with Crippen LogP contribution in [0.4, 0.5) is 0 Å². The van der Waals surface area contributed by atoms with Crippen LogP contribution in [0.5, 0.6) is 0 Å². The molecule has 0 aliphatic heterocycles. The monoisotopic (exact) mass is 387 g/mol. The maximum absolute atomic E-state index is 12.4. The second kappa shape index (κ2) is 10.7. The van der Waals surface area contributed by atoms with Gasteiger partial charge in [0.15, 0.2) is 5.16 Å². The number of thioether (sulfide) groups is 1. The van der Waals surface area contributed by atoms with Crippen molar-refractivity contribution >= 4 is 17.7 Å². The minimum absolute atomic E-state index is 0.0523.